The Labute approximate surface area is 148 Å². The molecular formula is C20H25N3O2. The summed E-state index contributed by atoms with van der Waals surface area (Å²) in [6.45, 7) is 1.54. The SMILES string of the molecule is O=C(Cn1ccc(C2CC2)n1)N1CC[C@@H](O)[C@H](Cc2ccccc2)C1. The number of nitrogens with zero attached hydrogens (tertiary/aromatic N) is 3. The highest BCUT2D eigenvalue weighted by Gasteiger charge is 2.31. The molecule has 1 aliphatic heterocycles. The molecule has 1 saturated heterocycles. The van der Waals surface area contributed by atoms with Crippen LogP contribution in [0.5, 0.6) is 0 Å². The summed E-state index contributed by atoms with van der Waals surface area (Å²) < 4.78 is 1.76. The number of hydrogen-bond acceptors (Lipinski definition) is 3. The van der Waals surface area contributed by atoms with Crippen molar-refractivity contribution >= 4 is 5.91 Å². The summed E-state index contributed by atoms with van der Waals surface area (Å²) in [5, 5.41) is 14.9. The molecule has 1 amide bonds. The van der Waals surface area contributed by atoms with Crippen LogP contribution in [0.1, 0.15) is 36.4 Å². The Morgan fingerprint density at radius 1 is 1.16 bits per heavy atom. The van der Waals surface area contributed by atoms with E-state index >= 15 is 0 Å². The van der Waals surface area contributed by atoms with Crippen LogP contribution in [-0.2, 0) is 17.8 Å². The first-order valence-corrected chi connectivity index (χ1v) is 9.22. The molecule has 132 valence electrons. The Bertz CT molecular complexity index is 724. The van der Waals surface area contributed by atoms with E-state index in [1.807, 2.05) is 35.4 Å². The number of piperidine rings is 1. The van der Waals surface area contributed by atoms with Gasteiger partial charge in [0.25, 0.3) is 0 Å². The normalized spacial score (nSPS) is 23.6. The zero-order valence-electron chi connectivity index (χ0n) is 14.4. The number of carbonyl (C=O) groups excluding carboxylic acids is 1. The first kappa shape index (κ1) is 16.3. The van der Waals surface area contributed by atoms with E-state index in [0.717, 1.165) is 12.1 Å². The molecule has 4 rings (SSSR count). The lowest BCUT2D eigenvalue weighted by molar-refractivity contribution is -0.135. The molecule has 25 heavy (non-hydrogen) atoms. The molecule has 0 bridgehead atoms. The summed E-state index contributed by atoms with van der Waals surface area (Å²) in [7, 11) is 0. The van der Waals surface area contributed by atoms with Gasteiger partial charge in [0.1, 0.15) is 6.54 Å². The van der Waals surface area contributed by atoms with Crippen LogP contribution in [0.3, 0.4) is 0 Å². The number of carbonyl (C=O) groups is 1. The number of rotatable bonds is 5. The number of amides is 1. The largest absolute Gasteiger partial charge is 0.393 e. The second kappa shape index (κ2) is 7.00. The number of likely N-dealkylation sites (tertiary alicyclic amines) is 1. The minimum Gasteiger partial charge on any atom is -0.393 e. The van der Waals surface area contributed by atoms with E-state index in [4.69, 9.17) is 0 Å². The number of aromatic nitrogens is 2. The van der Waals surface area contributed by atoms with Gasteiger partial charge in [-0.2, -0.15) is 5.10 Å². The van der Waals surface area contributed by atoms with Gasteiger partial charge in [-0.25, -0.2) is 0 Å². The van der Waals surface area contributed by atoms with Crippen molar-refractivity contribution in [1.29, 1.82) is 0 Å². The van der Waals surface area contributed by atoms with Crippen LogP contribution < -0.4 is 0 Å². The third-order valence-corrected chi connectivity index (χ3v) is 5.34. The van der Waals surface area contributed by atoms with Crippen LogP contribution in [0.25, 0.3) is 0 Å². The highest BCUT2D eigenvalue weighted by Crippen LogP contribution is 2.38. The summed E-state index contributed by atoms with van der Waals surface area (Å²) in [6.07, 6.45) is 5.46. The summed E-state index contributed by atoms with van der Waals surface area (Å²) in [6, 6.07) is 12.2. The van der Waals surface area contributed by atoms with Crippen LogP contribution in [0.15, 0.2) is 42.6 Å². The first-order chi connectivity index (χ1) is 12.2. The summed E-state index contributed by atoms with van der Waals surface area (Å²) in [5.74, 6) is 0.798. The van der Waals surface area contributed by atoms with Gasteiger partial charge in [-0.05, 0) is 37.3 Å². The standard InChI is InChI=1S/C20H25N3O2/c24-19-9-10-22(13-17(19)12-15-4-2-1-3-5-15)20(25)14-23-11-8-18(21-23)16-6-7-16/h1-5,8,11,16-17,19,24H,6-7,9-10,12-14H2/t17-,19-/m1/s1. The van der Waals surface area contributed by atoms with Crippen molar-refractivity contribution in [3.05, 3.63) is 53.9 Å². The van der Waals surface area contributed by atoms with Crippen molar-refractivity contribution < 1.29 is 9.90 Å². The maximum atomic E-state index is 12.7. The van der Waals surface area contributed by atoms with Crippen LogP contribution >= 0.6 is 0 Å². The molecule has 0 radical (unpaired) electrons. The van der Waals surface area contributed by atoms with E-state index in [-0.39, 0.29) is 17.9 Å². The minimum absolute atomic E-state index is 0.0930. The predicted molar refractivity (Wildman–Crippen MR) is 95.0 cm³/mol. The second-order valence-corrected chi connectivity index (χ2v) is 7.36. The Kier molecular flexibility index (Phi) is 4.57. The van der Waals surface area contributed by atoms with E-state index in [9.17, 15) is 9.90 Å². The topological polar surface area (TPSA) is 58.4 Å². The Morgan fingerprint density at radius 3 is 2.72 bits per heavy atom. The molecule has 2 heterocycles. The fraction of sp³-hybridized carbons (Fsp3) is 0.500. The molecule has 1 aliphatic carbocycles. The quantitative estimate of drug-likeness (QED) is 0.909. The highest BCUT2D eigenvalue weighted by molar-refractivity contribution is 5.76. The second-order valence-electron chi connectivity index (χ2n) is 7.36. The van der Waals surface area contributed by atoms with Gasteiger partial charge in [0.15, 0.2) is 0 Å². The fourth-order valence-corrected chi connectivity index (χ4v) is 3.66. The third kappa shape index (κ3) is 3.93. The average Bonchev–Trinajstić information content (AvgIpc) is 3.37. The number of benzene rings is 1. The zero-order valence-corrected chi connectivity index (χ0v) is 14.4. The highest BCUT2D eigenvalue weighted by atomic mass is 16.3. The number of aliphatic hydroxyl groups excluding tert-OH is 1. The van der Waals surface area contributed by atoms with Crippen molar-refractivity contribution in [2.45, 2.75) is 44.2 Å². The summed E-state index contributed by atoms with van der Waals surface area (Å²) in [5.41, 5.74) is 2.32. The molecule has 2 aromatic rings. The molecule has 1 aromatic carbocycles. The Morgan fingerprint density at radius 2 is 1.96 bits per heavy atom. The zero-order chi connectivity index (χ0) is 17.2. The van der Waals surface area contributed by atoms with Crippen LogP contribution in [0.4, 0.5) is 0 Å². The smallest absolute Gasteiger partial charge is 0.244 e. The lowest BCUT2D eigenvalue weighted by Crippen LogP contribution is -2.47. The Balaban J connectivity index is 1.36. The predicted octanol–water partition coefficient (Wildman–Crippen LogP) is 2.21. The molecule has 1 N–H and O–H groups in total. The molecule has 0 spiro atoms. The van der Waals surface area contributed by atoms with Gasteiger partial charge >= 0.3 is 0 Å². The van der Waals surface area contributed by atoms with Gasteiger partial charge in [-0.15, -0.1) is 0 Å². The van der Waals surface area contributed by atoms with Crippen molar-refractivity contribution in [1.82, 2.24) is 14.7 Å². The van der Waals surface area contributed by atoms with Gasteiger partial charge in [-0.1, -0.05) is 30.3 Å². The molecular weight excluding hydrogens is 314 g/mol. The molecule has 2 fully saturated rings. The molecule has 5 nitrogen and oxygen atoms in total. The molecule has 1 saturated carbocycles. The molecule has 5 heteroatoms. The van der Waals surface area contributed by atoms with E-state index < -0.39 is 0 Å². The summed E-state index contributed by atoms with van der Waals surface area (Å²) >= 11 is 0. The van der Waals surface area contributed by atoms with Crippen molar-refractivity contribution in [2.24, 2.45) is 5.92 Å². The molecule has 1 aromatic heterocycles. The van der Waals surface area contributed by atoms with Gasteiger partial charge in [0.05, 0.1) is 11.8 Å². The van der Waals surface area contributed by atoms with Crippen molar-refractivity contribution in [3.8, 4) is 0 Å². The maximum Gasteiger partial charge on any atom is 0.244 e. The van der Waals surface area contributed by atoms with E-state index in [1.165, 1.54) is 18.4 Å². The lowest BCUT2D eigenvalue weighted by atomic mass is 9.88. The first-order valence-electron chi connectivity index (χ1n) is 9.22. The van der Waals surface area contributed by atoms with Crippen LogP contribution in [0.2, 0.25) is 0 Å². The van der Waals surface area contributed by atoms with E-state index in [1.54, 1.807) is 4.68 Å². The lowest BCUT2D eigenvalue weighted by Gasteiger charge is -2.36. The average molecular weight is 339 g/mol. The fourth-order valence-electron chi connectivity index (χ4n) is 3.66. The van der Waals surface area contributed by atoms with Crippen molar-refractivity contribution in [2.75, 3.05) is 13.1 Å². The molecule has 2 atom stereocenters. The van der Waals surface area contributed by atoms with Gasteiger partial charge < -0.3 is 10.0 Å². The van der Waals surface area contributed by atoms with E-state index in [0.29, 0.717) is 32.0 Å². The number of hydrogen-bond donors (Lipinski definition) is 1. The van der Waals surface area contributed by atoms with Gasteiger partial charge in [0, 0.05) is 31.1 Å². The van der Waals surface area contributed by atoms with Gasteiger partial charge in [-0.3, -0.25) is 9.48 Å². The van der Waals surface area contributed by atoms with E-state index in [2.05, 4.69) is 17.2 Å². The third-order valence-electron chi connectivity index (χ3n) is 5.34. The van der Waals surface area contributed by atoms with Gasteiger partial charge in [0.2, 0.25) is 5.91 Å². The number of aliphatic hydroxyl groups is 1. The van der Waals surface area contributed by atoms with Crippen molar-refractivity contribution in [3.63, 3.8) is 0 Å². The molecule has 2 aliphatic rings. The van der Waals surface area contributed by atoms with Crippen LogP contribution in [-0.4, -0.2) is 44.9 Å². The van der Waals surface area contributed by atoms with Crippen LogP contribution in [0, 0.1) is 5.92 Å². The monoisotopic (exact) mass is 339 g/mol. The minimum atomic E-state index is -0.338. The summed E-state index contributed by atoms with van der Waals surface area (Å²) in [4.78, 5) is 14.5. The maximum absolute atomic E-state index is 12.7. The molecule has 0 unspecified atom stereocenters. The Hall–Kier alpha value is -2.14.